The quantitative estimate of drug-likeness (QED) is 0.655. The molecule has 0 N–H and O–H groups in total. The predicted molar refractivity (Wildman–Crippen MR) is 65.1 cm³/mol. The maximum Gasteiger partial charge on any atom is 0.0341 e. The molecule has 0 unspecified atom stereocenters. The summed E-state index contributed by atoms with van der Waals surface area (Å²) in [7, 11) is 0. The van der Waals surface area contributed by atoms with Crippen molar-refractivity contribution in [3.05, 3.63) is 0 Å². The van der Waals surface area contributed by atoms with Crippen molar-refractivity contribution in [3.63, 3.8) is 0 Å². The molecule has 1 saturated carbocycles. The van der Waals surface area contributed by atoms with Crippen LogP contribution in [0, 0.1) is 0 Å². The Balaban J connectivity index is 2.06. The summed E-state index contributed by atoms with van der Waals surface area (Å²) in [6.07, 6.45) is 2.83. The highest BCUT2D eigenvalue weighted by Gasteiger charge is 2.52. The Kier molecular flexibility index (Phi) is 2.63. The van der Waals surface area contributed by atoms with Gasteiger partial charge in [0.25, 0.3) is 0 Å². The second-order valence-electron chi connectivity index (χ2n) is 6.60. The second kappa shape index (κ2) is 3.46. The van der Waals surface area contributed by atoms with E-state index in [2.05, 4.69) is 44.4 Å². The number of piperazine rings is 1. The van der Waals surface area contributed by atoms with Gasteiger partial charge in [-0.15, -0.1) is 0 Å². The lowest BCUT2D eigenvalue weighted by Crippen LogP contribution is -2.61. The van der Waals surface area contributed by atoms with Gasteiger partial charge in [0.1, 0.15) is 0 Å². The van der Waals surface area contributed by atoms with E-state index in [0.29, 0.717) is 11.1 Å². The van der Waals surface area contributed by atoms with E-state index in [9.17, 15) is 0 Å². The molecule has 88 valence electrons. The largest absolute Gasteiger partial charge is 0.295 e. The fourth-order valence-corrected chi connectivity index (χ4v) is 2.96. The van der Waals surface area contributed by atoms with Crippen molar-refractivity contribution in [1.82, 2.24) is 9.80 Å². The summed E-state index contributed by atoms with van der Waals surface area (Å²) >= 11 is 0. The Morgan fingerprint density at radius 1 is 1.07 bits per heavy atom. The summed E-state index contributed by atoms with van der Waals surface area (Å²) in [6, 6.07) is 0.717. The summed E-state index contributed by atoms with van der Waals surface area (Å²) < 4.78 is 0. The van der Waals surface area contributed by atoms with E-state index in [4.69, 9.17) is 0 Å². The molecule has 0 radical (unpaired) electrons. The van der Waals surface area contributed by atoms with Crippen LogP contribution >= 0.6 is 0 Å². The van der Waals surface area contributed by atoms with E-state index in [1.165, 1.54) is 32.5 Å². The molecular formula is C13H26N2. The molecule has 2 fully saturated rings. The molecule has 0 aromatic heterocycles. The van der Waals surface area contributed by atoms with Crippen LogP contribution in [0.25, 0.3) is 0 Å². The maximum absolute atomic E-state index is 2.73. The van der Waals surface area contributed by atoms with E-state index in [0.717, 1.165) is 6.04 Å². The zero-order valence-electron chi connectivity index (χ0n) is 11.0. The fourth-order valence-electron chi connectivity index (χ4n) is 2.96. The molecule has 15 heavy (non-hydrogen) atoms. The fraction of sp³-hybridized carbons (Fsp3) is 1.00. The van der Waals surface area contributed by atoms with Gasteiger partial charge in [-0.2, -0.15) is 0 Å². The third-order valence-electron chi connectivity index (χ3n) is 4.10. The van der Waals surface area contributed by atoms with Crippen LogP contribution in [0.5, 0.6) is 0 Å². The highest BCUT2D eigenvalue weighted by molar-refractivity contribution is 5.10. The summed E-state index contributed by atoms with van der Waals surface area (Å²) in [5, 5.41) is 0. The van der Waals surface area contributed by atoms with Crippen LogP contribution in [-0.4, -0.2) is 46.6 Å². The number of rotatable bonds is 1. The molecular weight excluding hydrogens is 184 g/mol. The van der Waals surface area contributed by atoms with E-state index in [-0.39, 0.29) is 0 Å². The Morgan fingerprint density at radius 2 is 1.67 bits per heavy atom. The van der Waals surface area contributed by atoms with Gasteiger partial charge in [-0.1, -0.05) is 0 Å². The molecule has 0 atom stereocenters. The minimum Gasteiger partial charge on any atom is -0.295 e. The van der Waals surface area contributed by atoms with Gasteiger partial charge in [-0.3, -0.25) is 9.80 Å². The van der Waals surface area contributed by atoms with Gasteiger partial charge in [0, 0.05) is 36.8 Å². The Hall–Kier alpha value is -0.0800. The first-order valence-electron chi connectivity index (χ1n) is 6.37. The van der Waals surface area contributed by atoms with Gasteiger partial charge < -0.3 is 0 Å². The monoisotopic (exact) mass is 210 g/mol. The molecule has 2 heteroatoms. The molecule has 0 aromatic rings. The first-order chi connectivity index (χ1) is 6.85. The first-order valence-corrected chi connectivity index (χ1v) is 6.37. The normalized spacial score (nSPS) is 27.6. The predicted octanol–water partition coefficient (Wildman–Crippen LogP) is 2.34. The second-order valence-corrected chi connectivity index (χ2v) is 6.60. The minimum atomic E-state index is 0.346. The van der Waals surface area contributed by atoms with Crippen LogP contribution in [0.2, 0.25) is 0 Å². The lowest BCUT2D eigenvalue weighted by molar-refractivity contribution is -0.00520. The average molecular weight is 210 g/mol. The van der Waals surface area contributed by atoms with Crippen LogP contribution < -0.4 is 0 Å². The van der Waals surface area contributed by atoms with Crippen LogP contribution in [0.15, 0.2) is 0 Å². The number of nitrogens with zero attached hydrogens (tertiary/aromatic N) is 2. The van der Waals surface area contributed by atoms with Crippen molar-refractivity contribution >= 4 is 0 Å². The maximum atomic E-state index is 2.73. The van der Waals surface area contributed by atoms with Gasteiger partial charge in [0.2, 0.25) is 0 Å². The van der Waals surface area contributed by atoms with E-state index >= 15 is 0 Å². The summed E-state index contributed by atoms with van der Waals surface area (Å²) in [4.78, 5) is 5.40. The highest BCUT2D eigenvalue weighted by Crippen LogP contribution is 2.46. The van der Waals surface area contributed by atoms with Crippen molar-refractivity contribution in [1.29, 1.82) is 0 Å². The number of hydrogen-bond acceptors (Lipinski definition) is 2. The smallest absolute Gasteiger partial charge is 0.0341 e. The summed E-state index contributed by atoms with van der Waals surface area (Å²) in [6.45, 7) is 15.5. The third-order valence-corrected chi connectivity index (χ3v) is 4.10. The van der Waals surface area contributed by atoms with Crippen molar-refractivity contribution in [3.8, 4) is 0 Å². The van der Waals surface area contributed by atoms with Crippen molar-refractivity contribution in [2.45, 2.75) is 64.6 Å². The van der Waals surface area contributed by atoms with Crippen molar-refractivity contribution in [2.75, 3.05) is 19.6 Å². The Morgan fingerprint density at radius 3 is 2.07 bits per heavy atom. The average Bonchev–Trinajstić information content (AvgIpc) is 2.83. The number of hydrogen-bond donors (Lipinski definition) is 0. The SMILES string of the molecule is CC(C)N1CCN(C(C)(C)C)CC12CC2. The van der Waals surface area contributed by atoms with Crippen LogP contribution in [0.1, 0.15) is 47.5 Å². The van der Waals surface area contributed by atoms with Crippen molar-refractivity contribution < 1.29 is 0 Å². The summed E-state index contributed by atoms with van der Waals surface area (Å²) in [5.74, 6) is 0. The Bertz CT molecular complexity index is 235. The summed E-state index contributed by atoms with van der Waals surface area (Å²) in [5.41, 5.74) is 0.901. The van der Waals surface area contributed by atoms with Crippen LogP contribution in [-0.2, 0) is 0 Å². The van der Waals surface area contributed by atoms with E-state index < -0.39 is 0 Å². The zero-order valence-corrected chi connectivity index (χ0v) is 11.0. The third kappa shape index (κ3) is 2.07. The van der Waals surface area contributed by atoms with Gasteiger partial charge in [-0.05, 0) is 47.5 Å². The van der Waals surface area contributed by atoms with Gasteiger partial charge >= 0.3 is 0 Å². The van der Waals surface area contributed by atoms with Crippen LogP contribution in [0.4, 0.5) is 0 Å². The molecule has 1 spiro atoms. The topological polar surface area (TPSA) is 6.48 Å². The first kappa shape index (κ1) is 11.4. The zero-order chi connectivity index (χ0) is 11.3. The van der Waals surface area contributed by atoms with Crippen LogP contribution in [0.3, 0.4) is 0 Å². The minimum absolute atomic E-state index is 0.346. The molecule has 1 aliphatic heterocycles. The molecule has 0 aromatic carbocycles. The molecule has 1 aliphatic carbocycles. The van der Waals surface area contributed by atoms with Gasteiger partial charge in [0.15, 0.2) is 0 Å². The Labute approximate surface area is 94.6 Å². The van der Waals surface area contributed by atoms with E-state index in [1.807, 2.05) is 0 Å². The lowest BCUT2D eigenvalue weighted by Gasteiger charge is -2.49. The van der Waals surface area contributed by atoms with Gasteiger partial charge in [0.05, 0.1) is 0 Å². The van der Waals surface area contributed by atoms with Gasteiger partial charge in [-0.25, -0.2) is 0 Å². The standard InChI is InChI=1S/C13H26N2/c1-11(2)15-9-8-14(12(3,4)5)10-13(15)6-7-13/h11H,6-10H2,1-5H3. The molecule has 2 aliphatic rings. The molecule has 1 saturated heterocycles. The molecule has 2 nitrogen and oxygen atoms in total. The molecule has 0 bridgehead atoms. The molecule has 0 amide bonds. The van der Waals surface area contributed by atoms with E-state index in [1.54, 1.807) is 0 Å². The van der Waals surface area contributed by atoms with Crippen molar-refractivity contribution in [2.24, 2.45) is 0 Å². The lowest BCUT2D eigenvalue weighted by atomic mass is 10.00. The molecule has 2 rings (SSSR count). The highest BCUT2D eigenvalue weighted by atomic mass is 15.4. The molecule has 1 heterocycles.